The fourth-order valence-corrected chi connectivity index (χ4v) is 8.36. The summed E-state index contributed by atoms with van der Waals surface area (Å²) in [6.45, 7) is 6.54. The Kier molecular flexibility index (Phi) is 13.0. The average Bonchev–Trinajstić information content (AvgIpc) is 3.83. The van der Waals surface area contributed by atoms with Crippen molar-refractivity contribution in [1.82, 2.24) is 20.0 Å². The Morgan fingerprint density at radius 1 is 0.935 bits per heavy atom. The molecule has 3 aromatic rings. The van der Waals surface area contributed by atoms with Crippen LogP contribution in [0.25, 0.3) is 6.08 Å². The third-order valence-electron chi connectivity index (χ3n) is 11.9. The number of fused-ring (bicyclic) bond motifs is 3. The van der Waals surface area contributed by atoms with Crippen molar-refractivity contribution in [2.45, 2.75) is 70.9 Å². The molecule has 0 radical (unpaired) electrons. The monoisotopic (exact) mass is 843 g/mol. The van der Waals surface area contributed by atoms with Crippen LogP contribution in [0.2, 0.25) is 0 Å². The summed E-state index contributed by atoms with van der Waals surface area (Å²) in [6, 6.07) is 20.2. The quantitative estimate of drug-likeness (QED) is 0.187. The van der Waals surface area contributed by atoms with Crippen molar-refractivity contribution >= 4 is 53.1 Å². The summed E-state index contributed by atoms with van der Waals surface area (Å²) in [4.78, 5) is 66.9. The van der Waals surface area contributed by atoms with E-state index in [1.165, 1.54) is 38.6 Å². The van der Waals surface area contributed by atoms with E-state index in [-0.39, 0.29) is 49.4 Å². The number of rotatable bonds is 12. The van der Waals surface area contributed by atoms with Gasteiger partial charge in [0.25, 0.3) is 0 Å². The van der Waals surface area contributed by atoms with Gasteiger partial charge in [-0.2, -0.15) is 4.58 Å². The van der Waals surface area contributed by atoms with Crippen LogP contribution in [0.15, 0.2) is 95.8 Å². The Labute approximate surface area is 362 Å². The van der Waals surface area contributed by atoms with Gasteiger partial charge in [-0.25, -0.2) is 9.59 Å². The second kappa shape index (κ2) is 18.5. The number of likely N-dealkylation sites (tertiary alicyclic amines) is 1. The number of allylic oxidation sites excluding steroid dienone is 4. The van der Waals surface area contributed by atoms with Crippen LogP contribution in [0.5, 0.6) is 11.5 Å². The van der Waals surface area contributed by atoms with Gasteiger partial charge in [-0.15, -0.1) is 0 Å². The molecule has 3 aliphatic heterocycles. The number of hydrogen-bond donors (Lipinski definition) is 2. The lowest BCUT2D eigenvalue weighted by molar-refractivity contribution is -0.401. The number of para-hydroxylation sites is 1. The van der Waals surface area contributed by atoms with Crippen LogP contribution in [0, 0.1) is 0 Å². The number of likely N-dealkylation sites (N-methyl/N-ethyl adjacent to an activating group) is 2. The van der Waals surface area contributed by atoms with Crippen LogP contribution >= 0.6 is 0 Å². The minimum atomic E-state index is -0.619. The molecule has 1 atom stereocenters. The Hall–Kier alpha value is -6.70. The second-order valence-electron chi connectivity index (χ2n) is 16.7. The summed E-state index contributed by atoms with van der Waals surface area (Å²) >= 11 is 0. The van der Waals surface area contributed by atoms with Crippen LogP contribution in [0.4, 0.5) is 21.0 Å². The molecule has 0 bridgehead atoms. The van der Waals surface area contributed by atoms with E-state index in [2.05, 4.69) is 78.6 Å². The van der Waals surface area contributed by atoms with Crippen LogP contribution in [0.3, 0.4) is 0 Å². The van der Waals surface area contributed by atoms with Gasteiger partial charge in [-0.3, -0.25) is 14.4 Å². The topological polar surface area (TPSA) is 150 Å². The highest BCUT2D eigenvalue weighted by molar-refractivity contribution is 6.03. The summed E-state index contributed by atoms with van der Waals surface area (Å²) in [5.41, 5.74) is 8.08. The third-order valence-corrected chi connectivity index (χ3v) is 11.9. The molecule has 0 saturated carbocycles. The van der Waals surface area contributed by atoms with E-state index in [9.17, 15) is 24.0 Å². The van der Waals surface area contributed by atoms with Gasteiger partial charge in [-0.1, -0.05) is 30.3 Å². The number of carbonyl (C=O) groups is 5. The van der Waals surface area contributed by atoms with Gasteiger partial charge in [0, 0.05) is 75.7 Å². The third kappa shape index (κ3) is 9.59. The number of amides is 5. The van der Waals surface area contributed by atoms with Gasteiger partial charge < -0.3 is 39.5 Å². The minimum absolute atomic E-state index is 0.00110. The number of benzene rings is 3. The molecule has 3 heterocycles. The van der Waals surface area contributed by atoms with E-state index < -0.39 is 18.2 Å². The highest BCUT2D eigenvalue weighted by Gasteiger charge is 2.42. The molecule has 1 fully saturated rings. The molecular formula is C48H55N6O8+. The Bertz CT molecular complexity index is 2400. The zero-order valence-electron chi connectivity index (χ0n) is 36.3. The van der Waals surface area contributed by atoms with Crippen LogP contribution in [0.1, 0.15) is 69.6 Å². The molecule has 0 spiro atoms. The second-order valence-corrected chi connectivity index (χ2v) is 16.7. The fourth-order valence-electron chi connectivity index (χ4n) is 8.36. The highest BCUT2D eigenvalue weighted by atomic mass is 16.6. The SMILES string of the molecule is CC(=O)NCC(=O)N1CCCC1C(=O)Nc1ccc(COC(=O)N(C)CCN(C)C(=O)Oc2ccc3c(c2)OC2=C(/C=C/C4=[N+](C)c5ccccc5C4(C)C)CCCC2=C3)cc1. The lowest BCUT2D eigenvalue weighted by Gasteiger charge is -2.27. The largest absolute Gasteiger partial charge is 0.456 e. The molecule has 2 N–H and O–H groups in total. The zero-order valence-corrected chi connectivity index (χ0v) is 36.3. The van der Waals surface area contributed by atoms with E-state index in [0.29, 0.717) is 42.1 Å². The number of ether oxygens (including phenoxy) is 3. The molecular weight excluding hydrogens is 789 g/mol. The number of nitrogens with zero attached hydrogens (tertiary/aromatic N) is 4. The maximum atomic E-state index is 13.1. The van der Waals surface area contributed by atoms with Crippen LogP contribution in [-0.4, -0.2) is 108 Å². The van der Waals surface area contributed by atoms with Crippen molar-refractivity contribution in [2.24, 2.45) is 0 Å². The van der Waals surface area contributed by atoms with Crippen LogP contribution < -0.4 is 20.1 Å². The fraction of sp³-hybridized carbons (Fsp3) is 0.375. The first-order valence-corrected chi connectivity index (χ1v) is 21.1. The molecule has 14 heteroatoms. The Balaban J connectivity index is 0.875. The first-order valence-electron chi connectivity index (χ1n) is 21.1. The predicted molar refractivity (Wildman–Crippen MR) is 235 cm³/mol. The molecule has 7 rings (SSSR count). The van der Waals surface area contributed by atoms with Gasteiger partial charge in [0.2, 0.25) is 23.4 Å². The molecule has 14 nitrogen and oxygen atoms in total. The minimum Gasteiger partial charge on any atom is -0.456 e. The van der Waals surface area contributed by atoms with Crippen molar-refractivity contribution in [3.05, 3.63) is 112 Å². The predicted octanol–water partition coefficient (Wildman–Crippen LogP) is 6.93. The number of nitrogens with one attached hydrogen (secondary N) is 2. The molecule has 62 heavy (non-hydrogen) atoms. The maximum absolute atomic E-state index is 13.1. The van der Waals surface area contributed by atoms with Crippen LogP contribution in [-0.2, 0) is 31.1 Å². The van der Waals surface area contributed by atoms with Gasteiger partial charge in [0.1, 0.15) is 37.0 Å². The molecule has 5 amide bonds. The Morgan fingerprint density at radius 2 is 1.68 bits per heavy atom. The summed E-state index contributed by atoms with van der Waals surface area (Å²) in [6.07, 6.45) is 9.50. The normalized spacial score (nSPS) is 17.4. The highest BCUT2D eigenvalue weighted by Crippen LogP contribution is 2.42. The lowest BCUT2D eigenvalue weighted by atomic mass is 9.81. The van der Waals surface area contributed by atoms with Crippen molar-refractivity contribution < 1.29 is 42.8 Å². The summed E-state index contributed by atoms with van der Waals surface area (Å²) < 4.78 is 20.0. The van der Waals surface area contributed by atoms with E-state index >= 15 is 0 Å². The first-order chi connectivity index (χ1) is 29.7. The van der Waals surface area contributed by atoms with E-state index in [1.54, 1.807) is 50.5 Å². The van der Waals surface area contributed by atoms with E-state index in [0.717, 1.165) is 41.7 Å². The summed E-state index contributed by atoms with van der Waals surface area (Å²) in [5, 5.41) is 5.33. The van der Waals surface area contributed by atoms with Gasteiger partial charge in [0.15, 0.2) is 5.71 Å². The molecule has 0 aromatic heterocycles. The number of carbonyl (C=O) groups excluding carboxylic acids is 5. The molecule has 4 aliphatic rings. The van der Waals surface area contributed by atoms with E-state index in [4.69, 9.17) is 14.2 Å². The molecule has 1 saturated heterocycles. The molecule has 1 aliphatic carbocycles. The maximum Gasteiger partial charge on any atom is 0.415 e. The van der Waals surface area contributed by atoms with Gasteiger partial charge in [0.05, 0.1) is 12.0 Å². The van der Waals surface area contributed by atoms with E-state index in [1.807, 2.05) is 6.07 Å². The van der Waals surface area contributed by atoms with Crippen molar-refractivity contribution in [2.75, 3.05) is 52.6 Å². The molecule has 1 unspecified atom stereocenters. The first kappa shape index (κ1) is 43.4. The van der Waals surface area contributed by atoms with Crippen molar-refractivity contribution in [3.63, 3.8) is 0 Å². The van der Waals surface area contributed by atoms with Crippen molar-refractivity contribution in [3.8, 4) is 11.5 Å². The molecule has 324 valence electrons. The Morgan fingerprint density at radius 3 is 2.42 bits per heavy atom. The van der Waals surface area contributed by atoms with Gasteiger partial charge in [-0.05, 0) is 99.1 Å². The summed E-state index contributed by atoms with van der Waals surface area (Å²) in [7, 11) is 5.31. The standard InChI is InChI=1S/C48H54N6O8/c1-31(55)49-29-43(56)54-24-10-15-40(54)45(57)50-36-20-16-32(17-21-36)30-60-46(58)51(4)25-26-52(5)47(59)61-37-22-18-34-27-35-12-9-11-33(44(35)62-41(34)28-37)19-23-42-48(2,3)38-13-7-8-14-39(38)53(42)6/h7-8,13-14,16-23,27-28,40H,9-12,15,24-26,29-30H2,1-6H3,(H-,49,50,55,57)/p+1/b23-19+. The lowest BCUT2D eigenvalue weighted by Crippen LogP contribution is -2.46. The number of hydrogen-bond acceptors (Lipinski definition) is 8. The molecule has 3 aromatic carbocycles. The van der Waals surface area contributed by atoms with Gasteiger partial charge >= 0.3 is 12.2 Å². The zero-order chi connectivity index (χ0) is 44.1. The van der Waals surface area contributed by atoms with Crippen molar-refractivity contribution in [1.29, 1.82) is 0 Å². The smallest absolute Gasteiger partial charge is 0.415 e. The number of anilines is 1. The average molecular weight is 844 g/mol. The summed E-state index contributed by atoms with van der Waals surface area (Å²) in [5.74, 6) is 0.906.